The number of benzene rings is 1. The Balaban J connectivity index is 1.51. The zero-order valence-corrected chi connectivity index (χ0v) is 14.7. The molecule has 124 valence electrons. The number of rotatable bonds is 5. The molecular formula is C16H20N2O3S2. The van der Waals surface area contributed by atoms with Gasteiger partial charge in [0.1, 0.15) is 0 Å². The molecule has 1 saturated heterocycles. The Hall–Kier alpha value is -1.47. The van der Waals surface area contributed by atoms with Crippen molar-refractivity contribution in [1.29, 1.82) is 0 Å². The standard InChI is InChI=1S/C16H20N2O3S2/c1-18(12-9-10-23(20,21)11-12)16(19)8-4-7-15-17-13-5-2-3-6-14(13)22-15/h2-3,5-6,12H,4,7-11H2,1H3. The van der Waals surface area contributed by atoms with Crippen molar-refractivity contribution in [2.24, 2.45) is 0 Å². The van der Waals surface area contributed by atoms with E-state index in [-0.39, 0.29) is 23.5 Å². The minimum Gasteiger partial charge on any atom is -0.342 e. The van der Waals surface area contributed by atoms with Gasteiger partial charge in [-0.05, 0) is 31.4 Å². The quantitative estimate of drug-likeness (QED) is 0.828. The highest BCUT2D eigenvalue weighted by atomic mass is 32.2. The van der Waals surface area contributed by atoms with Gasteiger partial charge in [-0.25, -0.2) is 13.4 Å². The molecule has 0 bridgehead atoms. The Kier molecular flexibility index (Phi) is 4.68. The molecule has 1 fully saturated rings. The molecule has 5 nitrogen and oxygen atoms in total. The van der Waals surface area contributed by atoms with Crippen molar-refractivity contribution >= 4 is 37.3 Å². The van der Waals surface area contributed by atoms with Crippen molar-refractivity contribution in [2.45, 2.75) is 31.7 Å². The normalized spacial score (nSPS) is 20.0. The molecule has 7 heteroatoms. The maximum atomic E-state index is 12.2. The van der Waals surface area contributed by atoms with Gasteiger partial charge in [0.05, 0.1) is 26.7 Å². The van der Waals surface area contributed by atoms with Crippen LogP contribution in [0.15, 0.2) is 24.3 Å². The Bertz CT molecular complexity index is 781. The number of fused-ring (bicyclic) bond motifs is 1. The van der Waals surface area contributed by atoms with Crippen LogP contribution in [0.1, 0.15) is 24.3 Å². The Morgan fingerprint density at radius 1 is 1.39 bits per heavy atom. The van der Waals surface area contributed by atoms with Gasteiger partial charge in [-0.3, -0.25) is 4.79 Å². The van der Waals surface area contributed by atoms with Crippen LogP contribution in [0.5, 0.6) is 0 Å². The van der Waals surface area contributed by atoms with Gasteiger partial charge in [-0.15, -0.1) is 11.3 Å². The topological polar surface area (TPSA) is 67.3 Å². The average Bonchev–Trinajstić information content (AvgIpc) is 3.08. The molecule has 23 heavy (non-hydrogen) atoms. The summed E-state index contributed by atoms with van der Waals surface area (Å²) in [5.41, 5.74) is 1.01. The predicted molar refractivity (Wildman–Crippen MR) is 92.4 cm³/mol. The molecule has 1 aliphatic heterocycles. The first-order chi connectivity index (χ1) is 10.9. The first-order valence-electron chi connectivity index (χ1n) is 7.75. The number of nitrogens with zero attached hydrogens (tertiary/aromatic N) is 2. The summed E-state index contributed by atoms with van der Waals surface area (Å²) >= 11 is 1.67. The summed E-state index contributed by atoms with van der Waals surface area (Å²) in [5.74, 6) is 0.321. The molecule has 2 heterocycles. The van der Waals surface area contributed by atoms with Crippen LogP contribution in [0.2, 0.25) is 0 Å². The largest absolute Gasteiger partial charge is 0.342 e. The SMILES string of the molecule is CN(C(=O)CCCc1nc2ccccc2s1)C1CCS(=O)(=O)C1. The molecule has 1 aromatic carbocycles. The van der Waals surface area contributed by atoms with Crippen molar-refractivity contribution in [3.05, 3.63) is 29.3 Å². The van der Waals surface area contributed by atoms with Gasteiger partial charge >= 0.3 is 0 Å². The summed E-state index contributed by atoms with van der Waals surface area (Å²) in [4.78, 5) is 18.4. The van der Waals surface area contributed by atoms with Crippen molar-refractivity contribution in [3.63, 3.8) is 0 Å². The van der Waals surface area contributed by atoms with E-state index in [1.54, 1.807) is 23.3 Å². The highest BCUT2D eigenvalue weighted by Crippen LogP contribution is 2.23. The van der Waals surface area contributed by atoms with E-state index >= 15 is 0 Å². The van der Waals surface area contributed by atoms with Gasteiger partial charge in [0.15, 0.2) is 9.84 Å². The van der Waals surface area contributed by atoms with E-state index in [2.05, 4.69) is 11.1 Å². The highest BCUT2D eigenvalue weighted by molar-refractivity contribution is 7.91. The van der Waals surface area contributed by atoms with E-state index in [0.717, 1.165) is 23.4 Å². The van der Waals surface area contributed by atoms with Crippen LogP contribution < -0.4 is 0 Å². The van der Waals surface area contributed by atoms with E-state index in [1.807, 2.05) is 18.2 Å². The molecule has 0 radical (unpaired) electrons. The number of thiazole rings is 1. The Morgan fingerprint density at radius 3 is 2.87 bits per heavy atom. The van der Waals surface area contributed by atoms with E-state index in [4.69, 9.17) is 0 Å². The lowest BCUT2D eigenvalue weighted by Crippen LogP contribution is -2.37. The number of aryl methyl sites for hydroxylation is 1. The van der Waals surface area contributed by atoms with Crippen LogP contribution in [0.4, 0.5) is 0 Å². The van der Waals surface area contributed by atoms with E-state index in [1.165, 1.54) is 4.70 Å². The first kappa shape index (κ1) is 16.4. The zero-order valence-electron chi connectivity index (χ0n) is 13.1. The number of carbonyl (C=O) groups excluding carboxylic acids is 1. The van der Waals surface area contributed by atoms with Crippen LogP contribution in [0.25, 0.3) is 10.2 Å². The molecule has 1 atom stereocenters. The summed E-state index contributed by atoms with van der Waals surface area (Å²) in [6.07, 6.45) is 2.51. The van der Waals surface area contributed by atoms with Gasteiger partial charge in [-0.2, -0.15) is 0 Å². The van der Waals surface area contributed by atoms with Crippen molar-refractivity contribution in [3.8, 4) is 0 Å². The molecule has 1 aromatic heterocycles. The minimum absolute atomic E-state index is 0.0215. The molecule has 0 N–H and O–H groups in total. The van der Waals surface area contributed by atoms with Crippen LogP contribution in [0.3, 0.4) is 0 Å². The van der Waals surface area contributed by atoms with Gasteiger partial charge in [-0.1, -0.05) is 12.1 Å². The average molecular weight is 352 g/mol. The molecule has 0 saturated carbocycles. The third kappa shape index (κ3) is 3.90. The smallest absolute Gasteiger partial charge is 0.222 e. The minimum atomic E-state index is -2.95. The second kappa shape index (κ2) is 6.57. The zero-order chi connectivity index (χ0) is 16.4. The molecule has 0 spiro atoms. The molecule has 1 amide bonds. The van der Waals surface area contributed by atoms with Gasteiger partial charge < -0.3 is 4.90 Å². The predicted octanol–water partition coefficient (Wildman–Crippen LogP) is 2.26. The van der Waals surface area contributed by atoms with Crippen LogP contribution in [-0.4, -0.2) is 48.8 Å². The van der Waals surface area contributed by atoms with E-state index < -0.39 is 9.84 Å². The third-order valence-corrected chi connectivity index (χ3v) is 7.12. The van der Waals surface area contributed by atoms with Gasteiger partial charge in [0.2, 0.25) is 5.91 Å². The molecule has 1 unspecified atom stereocenters. The molecule has 1 aliphatic rings. The molecule has 3 rings (SSSR count). The lowest BCUT2D eigenvalue weighted by Gasteiger charge is -2.23. The molecule has 2 aromatic rings. The number of para-hydroxylation sites is 1. The Labute approximate surface area is 140 Å². The fourth-order valence-electron chi connectivity index (χ4n) is 2.88. The Morgan fingerprint density at radius 2 is 2.17 bits per heavy atom. The lowest BCUT2D eigenvalue weighted by atomic mass is 10.2. The van der Waals surface area contributed by atoms with Gasteiger partial charge in [0, 0.05) is 19.5 Å². The number of aromatic nitrogens is 1. The van der Waals surface area contributed by atoms with E-state index in [9.17, 15) is 13.2 Å². The van der Waals surface area contributed by atoms with Crippen molar-refractivity contribution in [2.75, 3.05) is 18.6 Å². The number of hydrogen-bond acceptors (Lipinski definition) is 5. The molecular weight excluding hydrogens is 332 g/mol. The first-order valence-corrected chi connectivity index (χ1v) is 10.4. The van der Waals surface area contributed by atoms with Crippen LogP contribution in [0, 0.1) is 0 Å². The maximum Gasteiger partial charge on any atom is 0.222 e. The number of sulfone groups is 1. The monoisotopic (exact) mass is 352 g/mol. The number of hydrogen-bond donors (Lipinski definition) is 0. The summed E-state index contributed by atoms with van der Waals surface area (Å²) in [6, 6.07) is 7.86. The number of carbonyl (C=O) groups is 1. The van der Waals surface area contributed by atoms with Crippen LogP contribution >= 0.6 is 11.3 Å². The summed E-state index contributed by atoms with van der Waals surface area (Å²) < 4.78 is 24.2. The van der Waals surface area contributed by atoms with E-state index in [0.29, 0.717) is 12.8 Å². The fourth-order valence-corrected chi connectivity index (χ4v) is 5.66. The lowest BCUT2D eigenvalue weighted by molar-refractivity contribution is -0.131. The summed E-state index contributed by atoms with van der Waals surface area (Å²) in [5, 5.41) is 1.05. The second-order valence-electron chi connectivity index (χ2n) is 5.99. The molecule has 0 aliphatic carbocycles. The second-order valence-corrected chi connectivity index (χ2v) is 9.33. The van der Waals surface area contributed by atoms with Gasteiger partial charge in [0.25, 0.3) is 0 Å². The maximum absolute atomic E-state index is 12.2. The van der Waals surface area contributed by atoms with Crippen molar-refractivity contribution in [1.82, 2.24) is 9.88 Å². The fraction of sp³-hybridized carbons (Fsp3) is 0.500. The number of amides is 1. The van der Waals surface area contributed by atoms with Crippen LogP contribution in [-0.2, 0) is 21.1 Å². The van der Waals surface area contributed by atoms with Crippen molar-refractivity contribution < 1.29 is 13.2 Å². The summed E-state index contributed by atoms with van der Waals surface area (Å²) in [6.45, 7) is 0. The highest BCUT2D eigenvalue weighted by Gasteiger charge is 2.32. The summed E-state index contributed by atoms with van der Waals surface area (Å²) in [7, 11) is -1.24. The third-order valence-electron chi connectivity index (χ3n) is 4.27.